The Morgan fingerprint density at radius 2 is 0.585 bits per heavy atom. The highest BCUT2D eigenvalue weighted by Crippen LogP contribution is 2.53. The van der Waals surface area contributed by atoms with Crippen molar-refractivity contribution in [3.05, 3.63) is 376 Å². The lowest BCUT2D eigenvalue weighted by Crippen LogP contribution is -2.16. The number of anilines is 6. The van der Waals surface area contributed by atoms with Crippen molar-refractivity contribution in [2.75, 3.05) is 9.80 Å². The Morgan fingerprint density at radius 3 is 1.11 bits per heavy atom. The summed E-state index contributed by atoms with van der Waals surface area (Å²) in [5.41, 5.74) is 20.3. The second kappa shape index (κ2) is 24.0. The van der Waals surface area contributed by atoms with Crippen LogP contribution in [0.1, 0.15) is 11.0 Å². The van der Waals surface area contributed by atoms with Crippen molar-refractivity contribution in [1.82, 2.24) is 9.13 Å². The first kappa shape index (κ1) is 47.5. The topological polar surface area (TPSA) is 16.3 Å². The molecule has 17 rings (SSSR count). The van der Waals surface area contributed by atoms with Crippen molar-refractivity contribution in [1.29, 1.82) is 0 Å². The molecular formula is C90H62N4. The molecule has 17 aromatic rings. The van der Waals surface area contributed by atoms with E-state index in [1.807, 2.05) is 78.9 Å². The van der Waals surface area contributed by atoms with Crippen LogP contribution in [0.15, 0.2) is 376 Å². The fourth-order valence-corrected chi connectivity index (χ4v) is 13.7. The lowest BCUT2D eigenvalue weighted by atomic mass is 9.92. The largest absolute Gasteiger partial charge is 0.309 e. The Bertz CT molecular complexity index is 5910. The summed E-state index contributed by atoms with van der Waals surface area (Å²) >= 11 is 0. The van der Waals surface area contributed by atoms with E-state index in [4.69, 9.17) is 5.48 Å². The molecule has 0 fully saturated rings. The van der Waals surface area contributed by atoms with Gasteiger partial charge in [-0.2, -0.15) is 0 Å². The molecule has 0 amide bonds. The predicted octanol–water partition coefficient (Wildman–Crippen LogP) is 24.8. The Kier molecular flexibility index (Phi) is 12.1. The molecule has 4 heteroatoms. The summed E-state index contributed by atoms with van der Waals surface area (Å²) in [4.78, 5) is 4.69. The van der Waals surface area contributed by atoms with Gasteiger partial charge in [-0.1, -0.05) is 285 Å². The number of nitrogens with zero attached hydrogens (tertiary/aromatic N) is 4. The number of hydrogen-bond donors (Lipinski definition) is 0. The Hall–Kier alpha value is -12.5. The zero-order chi connectivity index (χ0) is 69.3. The van der Waals surface area contributed by atoms with E-state index in [2.05, 4.69) is 263 Å². The summed E-state index contributed by atoms with van der Waals surface area (Å²) in [6, 6.07) is 111. The van der Waals surface area contributed by atoms with E-state index in [0.29, 0.717) is 11.4 Å². The van der Waals surface area contributed by atoms with Crippen molar-refractivity contribution < 1.29 is 11.0 Å². The van der Waals surface area contributed by atoms with E-state index in [9.17, 15) is 5.48 Å². The molecule has 0 aliphatic carbocycles. The summed E-state index contributed by atoms with van der Waals surface area (Å²) < 4.78 is 77.9. The molecule has 2 aromatic heterocycles. The van der Waals surface area contributed by atoms with Crippen molar-refractivity contribution in [3.63, 3.8) is 0 Å². The van der Waals surface area contributed by atoms with E-state index in [-0.39, 0.29) is 33.9 Å². The highest BCUT2D eigenvalue weighted by molar-refractivity contribution is 6.12. The second-order valence-electron chi connectivity index (χ2n) is 23.4. The van der Waals surface area contributed by atoms with Crippen LogP contribution in [-0.2, 0) is 0 Å². The van der Waals surface area contributed by atoms with Crippen LogP contribution in [0.3, 0.4) is 0 Å². The van der Waals surface area contributed by atoms with Crippen LogP contribution in [0.2, 0.25) is 0 Å². The number of benzene rings is 15. The number of aromatic nitrogens is 2. The maximum atomic E-state index is 9.61. The molecule has 94 heavy (non-hydrogen) atoms. The lowest BCUT2D eigenvalue weighted by Gasteiger charge is -2.34. The van der Waals surface area contributed by atoms with Crippen molar-refractivity contribution in [2.24, 2.45) is 0 Å². The van der Waals surface area contributed by atoms with E-state index < -0.39 is 36.3 Å². The second-order valence-corrected chi connectivity index (χ2v) is 23.4. The molecule has 0 N–H and O–H groups in total. The minimum Gasteiger partial charge on any atom is -0.309 e. The first-order valence-corrected chi connectivity index (χ1v) is 31.6. The molecule has 2 heterocycles. The molecule has 0 radical (unpaired) electrons. The monoisotopic (exact) mass is 1210 g/mol. The third kappa shape index (κ3) is 9.99. The molecule has 0 unspecified atom stereocenters. The summed E-state index contributed by atoms with van der Waals surface area (Å²) in [6.45, 7) is 0. The van der Waals surface area contributed by atoms with Crippen molar-refractivity contribution >= 4 is 77.7 Å². The fourth-order valence-electron chi connectivity index (χ4n) is 13.7. The maximum absolute atomic E-state index is 9.61. The minimum absolute atomic E-state index is 0.00252. The third-order valence-electron chi connectivity index (χ3n) is 17.9. The van der Waals surface area contributed by atoms with Gasteiger partial charge < -0.3 is 18.9 Å². The zero-order valence-electron chi connectivity index (χ0n) is 59.0. The average Bonchev–Trinajstić information content (AvgIpc) is 1.53. The van der Waals surface area contributed by atoms with Crippen LogP contribution in [0.4, 0.5) is 34.1 Å². The fraction of sp³-hybridized carbons (Fsp3) is 0. The lowest BCUT2D eigenvalue weighted by molar-refractivity contribution is 1.17. The molecule has 0 saturated carbocycles. The summed E-state index contributed by atoms with van der Waals surface area (Å²) in [6.07, 6.45) is 0. The third-order valence-corrected chi connectivity index (χ3v) is 17.9. The van der Waals surface area contributed by atoms with Gasteiger partial charge in [-0.15, -0.1) is 0 Å². The molecule has 15 aromatic carbocycles. The quantitative estimate of drug-likeness (QED) is 0.108. The predicted molar refractivity (Wildman–Crippen MR) is 397 cm³/mol. The van der Waals surface area contributed by atoms with Crippen LogP contribution >= 0.6 is 0 Å². The molecule has 0 aliphatic rings. The van der Waals surface area contributed by atoms with Crippen LogP contribution in [0.25, 0.3) is 122 Å². The SMILES string of the molecule is [2H]c1c([2H])c([2H])c2c(c1[2H])c1c([2H])c([2H])c([2H])c([2H])c1n2-c1cccc(N(c2cc(-c3ccccc3)cc(N(c3cccc(-c4ccc5c(c4)c4ccccc4n5-c4ccccc4)c3)c3c(-c4ccccc4)cccc3-c3ccccc3)c2)c2c(-c3ccccc3)cccc2-c2ccccc2)c1. The van der Waals surface area contributed by atoms with Crippen LogP contribution in [0, 0.1) is 0 Å². The van der Waals surface area contributed by atoms with Crippen LogP contribution in [0.5, 0.6) is 0 Å². The highest BCUT2D eigenvalue weighted by atomic mass is 15.2. The Labute approximate surface area is 558 Å². The Morgan fingerprint density at radius 1 is 0.213 bits per heavy atom. The molecule has 0 bridgehead atoms. The summed E-state index contributed by atoms with van der Waals surface area (Å²) in [7, 11) is 0. The first-order valence-electron chi connectivity index (χ1n) is 35.6. The van der Waals surface area contributed by atoms with Gasteiger partial charge in [0.1, 0.15) is 0 Å². The van der Waals surface area contributed by atoms with E-state index >= 15 is 0 Å². The van der Waals surface area contributed by atoms with E-state index in [0.717, 1.165) is 123 Å². The number of rotatable bonds is 14. The zero-order valence-corrected chi connectivity index (χ0v) is 51.0. The van der Waals surface area contributed by atoms with Gasteiger partial charge in [0.25, 0.3) is 0 Å². The molecule has 0 saturated heterocycles. The molecule has 4 nitrogen and oxygen atoms in total. The van der Waals surface area contributed by atoms with Crippen LogP contribution in [-0.4, -0.2) is 9.13 Å². The van der Waals surface area contributed by atoms with Gasteiger partial charge in [-0.05, 0) is 135 Å². The highest BCUT2D eigenvalue weighted by Gasteiger charge is 2.28. The van der Waals surface area contributed by atoms with Gasteiger partial charge >= 0.3 is 0 Å². The molecule has 0 aliphatic heterocycles. The van der Waals surface area contributed by atoms with E-state index in [1.54, 1.807) is 4.57 Å². The van der Waals surface area contributed by atoms with Gasteiger partial charge in [-0.25, -0.2) is 0 Å². The van der Waals surface area contributed by atoms with Gasteiger partial charge in [0.15, 0.2) is 0 Å². The standard InChI is InChI=1S/C90H62N4/c1-7-29-63(30-8-1)70-58-75(62-76(59-70)92(90-79(66-35-13-4-14-36-66)50-28-51-80(90)67-37-15-5-16-38-67)73-43-26-44-74(61-73)94-85-52-22-19-45-81(85)82-46-20-23-53-86(82)94)91(89-77(64-31-9-2-10-32-64)48-27-49-78(89)65-33-11-3-12-34-65)72-42-25-39-68(57-72)69-55-56-88-84(60-69)83-47-21-24-54-87(83)93(88)71-40-17-6-18-41-71/h1-62H/i19D,20D,22D,23D,45D,46D,52D,53D. The number of fused-ring (bicyclic) bond motifs is 6. The average molecular weight is 1210 g/mol. The van der Waals surface area contributed by atoms with E-state index in [1.165, 1.54) is 0 Å². The molecule has 0 atom stereocenters. The summed E-state index contributed by atoms with van der Waals surface area (Å²) in [5.74, 6) is 0. The normalized spacial score (nSPS) is 12.6. The molecule has 442 valence electrons. The number of para-hydroxylation sites is 6. The van der Waals surface area contributed by atoms with Gasteiger partial charge in [0, 0.05) is 77.9 Å². The van der Waals surface area contributed by atoms with Gasteiger partial charge in [0.05, 0.1) is 44.4 Å². The van der Waals surface area contributed by atoms with Crippen LogP contribution < -0.4 is 9.80 Å². The first-order chi connectivity index (χ1) is 50.0. The van der Waals surface area contributed by atoms with Gasteiger partial charge in [0.2, 0.25) is 0 Å². The van der Waals surface area contributed by atoms with Gasteiger partial charge in [-0.3, -0.25) is 0 Å². The molecular weight excluding hydrogens is 1140 g/mol. The van der Waals surface area contributed by atoms with Crippen molar-refractivity contribution in [3.8, 4) is 78.1 Å². The summed E-state index contributed by atoms with van der Waals surface area (Å²) in [5, 5.41) is 2.28. The smallest absolute Gasteiger partial charge is 0.0645 e. The maximum Gasteiger partial charge on any atom is 0.0645 e. The Balaban J connectivity index is 0.986. The van der Waals surface area contributed by atoms with Crippen molar-refractivity contribution in [2.45, 2.75) is 0 Å². The number of hydrogen-bond acceptors (Lipinski definition) is 2. The minimum atomic E-state index is -0.507. The molecule has 0 spiro atoms.